The molecule has 0 fully saturated rings. The summed E-state index contributed by atoms with van der Waals surface area (Å²) in [7, 11) is 2.19. The second-order valence-corrected chi connectivity index (χ2v) is 20.1. The molecule has 0 aliphatic heterocycles. The van der Waals surface area contributed by atoms with Gasteiger partial charge in [0.05, 0.1) is 0 Å². The van der Waals surface area contributed by atoms with Crippen molar-refractivity contribution in [2.75, 3.05) is 0 Å². The number of hydrogen-bond donors (Lipinski definition) is 0. The third-order valence-electron chi connectivity index (χ3n) is 6.60. The summed E-state index contributed by atoms with van der Waals surface area (Å²) in [6.45, 7) is 2.25. The van der Waals surface area contributed by atoms with Gasteiger partial charge in [-0.25, -0.2) is 0 Å². The number of aromatic nitrogens is 2. The minimum absolute atomic E-state index is 1.31. The van der Waals surface area contributed by atoms with Crippen molar-refractivity contribution in [2.24, 2.45) is 7.05 Å². The zero-order valence-corrected chi connectivity index (χ0v) is 19.8. The van der Waals surface area contributed by atoms with Crippen molar-refractivity contribution in [1.29, 1.82) is 0 Å². The SMILES string of the molecule is Cc1ccc2c3ccccc3n3c4c[c]([Ge]([CH3])([CH3])[CH3])cc5cc[n+](C)c(c1c23)c54. The molecule has 0 saturated carbocycles. The molecule has 142 valence electrons. The predicted octanol–water partition coefficient (Wildman–Crippen LogP) is 5.67. The van der Waals surface area contributed by atoms with Gasteiger partial charge in [-0.15, -0.1) is 0 Å². The number of pyridine rings is 2. The van der Waals surface area contributed by atoms with E-state index in [1.807, 2.05) is 0 Å². The van der Waals surface area contributed by atoms with Crippen LogP contribution in [-0.2, 0) is 7.05 Å². The Bertz CT molecular complexity index is 1600. The van der Waals surface area contributed by atoms with Crippen LogP contribution in [-0.4, -0.2) is 17.7 Å². The van der Waals surface area contributed by atoms with Crippen molar-refractivity contribution in [2.45, 2.75) is 24.2 Å². The van der Waals surface area contributed by atoms with Crippen LogP contribution in [0.3, 0.4) is 0 Å². The topological polar surface area (TPSA) is 8.29 Å². The summed E-state index contributed by atoms with van der Waals surface area (Å²) in [5, 5.41) is 6.83. The molecular formula is C26H25GeN2+. The first-order valence-electron chi connectivity index (χ1n) is 10.4. The van der Waals surface area contributed by atoms with Crippen molar-refractivity contribution in [3.05, 3.63) is 66.4 Å². The van der Waals surface area contributed by atoms with Gasteiger partial charge in [-0.1, -0.05) is 0 Å². The van der Waals surface area contributed by atoms with Crippen LogP contribution in [0.15, 0.2) is 60.8 Å². The molecule has 0 aliphatic carbocycles. The van der Waals surface area contributed by atoms with Crippen LogP contribution in [0.25, 0.3) is 49.0 Å². The van der Waals surface area contributed by atoms with Gasteiger partial charge in [0.25, 0.3) is 0 Å². The number of aryl methyl sites for hydroxylation is 2. The van der Waals surface area contributed by atoms with Crippen molar-refractivity contribution in [1.82, 2.24) is 4.40 Å². The average molecular weight is 438 g/mol. The van der Waals surface area contributed by atoms with Crippen LogP contribution in [0.1, 0.15) is 5.56 Å². The molecule has 2 nitrogen and oxygen atoms in total. The van der Waals surface area contributed by atoms with E-state index in [2.05, 4.69) is 101 Å². The van der Waals surface area contributed by atoms with E-state index >= 15 is 0 Å². The number of nitrogens with zero attached hydrogens (tertiary/aromatic N) is 2. The molecule has 3 heterocycles. The van der Waals surface area contributed by atoms with Gasteiger partial charge < -0.3 is 0 Å². The molecule has 0 atom stereocenters. The maximum atomic E-state index is 2.54. The van der Waals surface area contributed by atoms with E-state index in [1.54, 1.807) is 4.40 Å². The first-order valence-corrected chi connectivity index (χ1v) is 17.7. The molecule has 6 rings (SSSR count). The van der Waals surface area contributed by atoms with Crippen LogP contribution >= 0.6 is 0 Å². The van der Waals surface area contributed by atoms with E-state index < -0.39 is 13.3 Å². The summed E-state index contributed by atoms with van der Waals surface area (Å²) in [6, 6.07) is 20.7. The second-order valence-electron chi connectivity index (χ2n) is 9.49. The van der Waals surface area contributed by atoms with Crippen LogP contribution in [0.5, 0.6) is 0 Å². The number of para-hydroxylation sites is 1. The van der Waals surface area contributed by atoms with Crippen molar-refractivity contribution >= 4 is 66.7 Å². The van der Waals surface area contributed by atoms with Crippen LogP contribution in [0.4, 0.5) is 0 Å². The predicted molar refractivity (Wildman–Crippen MR) is 128 cm³/mol. The van der Waals surface area contributed by atoms with Gasteiger partial charge in [-0.3, -0.25) is 0 Å². The van der Waals surface area contributed by atoms with E-state index in [0.29, 0.717) is 0 Å². The fourth-order valence-corrected chi connectivity index (χ4v) is 7.53. The van der Waals surface area contributed by atoms with Gasteiger partial charge >= 0.3 is 173 Å². The average Bonchev–Trinajstić information content (AvgIpc) is 3.02. The molecule has 0 radical (unpaired) electrons. The Balaban J connectivity index is 2.08. The summed E-state index contributed by atoms with van der Waals surface area (Å²) in [5.41, 5.74) is 6.72. The molecule has 0 unspecified atom stereocenters. The fourth-order valence-electron chi connectivity index (χ4n) is 5.10. The quantitative estimate of drug-likeness (QED) is 0.135. The Morgan fingerprint density at radius 2 is 1.62 bits per heavy atom. The van der Waals surface area contributed by atoms with Gasteiger partial charge in [0.15, 0.2) is 0 Å². The molecule has 0 saturated heterocycles. The number of rotatable bonds is 1. The van der Waals surface area contributed by atoms with Crippen molar-refractivity contribution in [3.8, 4) is 0 Å². The Labute approximate surface area is 173 Å². The van der Waals surface area contributed by atoms with Crippen molar-refractivity contribution < 1.29 is 4.57 Å². The minimum atomic E-state index is -2.00. The molecule has 0 bridgehead atoms. The van der Waals surface area contributed by atoms with Crippen molar-refractivity contribution in [3.63, 3.8) is 0 Å². The molecule has 0 spiro atoms. The van der Waals surface area contributed by atoms with E-state index in [4.69, 9.17) is 0 Å². The Morgan fingerprint density at radius 3 is 2.41 bits per heavy atom. The molecule has 0 aliphatic rings. The Morgan fingerprint density at radius 1 is 0.828 bits per heavy atom. The molecular weight excluding hydrogens is 413 g/mol. The third-order valence-corrected chi connectivity index (χ3v) is 10.8. The summed E-state index contributed by atoms with van der Waals surface area (Å²) >= 11 is -2.00. The molecule has 29 heavy (non-hydrogen) atoms. The molecule has 3 heteroatoms. The maximum absolute atomic E-state index is 2.54. The van der Waals surface area contributed by atoms with E-state index in [1.165, 1.54) is 54.6 Å². The molecule has 3 aromatic heterocycles. The standard InChI is InChI=1S/C26H25GeN2/c1-16-10-11-20-19-8-6-7-9-21(19)29-22-15-18(27(2,3)4)14-17-12-13-28(5)26(24(17)22)23(16)25(20)29/h6-15H,1-5H3/q+1. The van der Waals surface area contributed by atoms with Crippen LogP contribution in [0, 0.1) is 6.92 Å². The van der Waals surface area contributed by atoms with Gasteiger partial charge in [-0.2, -0.15) is 0 Å². The summed E-state index contributed by atoms with van der Waals surface area (Å²) in [4.78, 5) is 0. The third kappa shape index (κ3) is 2.15. The first kappa shape index (κ1) is 17.3. The summed E-state index contributed by atoms with van der Waals surface area (Å²) in [6.07, 6.45) is 2.23. The van der Waals surface area contributed by atoms with E-state index in [-0.39, 0.29) is 0 Å². The fraction of sp³-hybridized carbons (Fsp3) is 0.192. The summed E-state index contributed by atoms with van der Waals surface area (Å²) < 4.78 is 6.42. The van der Waals surface area contributed by atoms with E-state index in [0.717, 1.165) is 0 Å². The van der Waals surface area contributed by atoms with Gasteiger partial charge in [-0.05, 0) is 0 Å². The number of hydrogen-bond acceptors (Lipinski definition) is 0. The molecule has 0 amide bonds. The zero-order chi connectivity index (χ0) is 20.1. The van der Waals surface area contributed by atoms with Gasteiger partial charge in [0.1, 0.15) is 0 Å². The zero-order valence-electron chi connectivity index (χ0n) is 17.7. The molecule has 6 aromatic rings. The van der Waals surface area contributed by atoms with Gasteiger partial charge in [0, 0.05) is 0 Å². The monoisotopic (exact) mass is 439 g/mol. The van der Waals surface area contributed by atoms with Crippen LogP contribution < -0.4 is 8.96 Å². The summed E-state index contributed by atoms with van der Waals surface area (Å²) in [5.74, 6) is 7.46. The Kier molecular flexibility index (Phi) is 3.29. The van der Waals surface area contributed by atoms with E-state index in [9.17, 15) is 0 Å². The normalized spacial score (nSPS) is 13.0. The molecule has 0 N–H and O–H groups in total. The first-order chi connectivity index (χ1) is 13.9. The number of fused-ring (bicyclic) bond motifs is 5. The Hall–Kier alpha value is -2.59. The van der Waals surface area contributed by atoms with Crippen LogP contribution in [0.2, 0.25) is 17.3 Å². The van der Waals surface area contributed by atoms with Gasteiger partial charge in [0.2, 0.25) is 0 Å². The number of benzene rings is 3. The molecule has 3 aromatic carbocycles. The second kappa shape index (κ2) is 5.51.